The van der Waals surface area contributed by atoms with Gasteiger partial charge >= 0.3 is 11.9 Å². The molecule has 6 unspecified atom stereocenters. The minimum absolute atomic E-state index is 0.220. The summed E-state index contributed by atoms with van der Waals surface area (Å²) < 4.78 is 21.6. The normalized spacial score (nSPS) is 22.9. The maximum Gasteiger partial charge on any atom is 0.306 e. The molecule has 1 fully saturated rings. The first-order valence-corrected chi connectivity index (χ1v) is 16.9. The molecule has 256 valence electrons. The van der Waals surface area contributed by atoms with Crippen LogP contribution in [0.2, 0.25) is 0 Å². The minimum atomic E-state index is -1.59. The van der Waals surface area contributed by atoms with Gasteiger partial charge in [-0.2, -0.15) is 0 Å². The molecule has 0 saturated carbocycles. The molecule has 1 heterocycles. The zero-order valence-corrected chi connectivity index (χ0v) is 27.2. The zero-order chi connectivity index (χ0) is 32.4. The van der Waals surface area contributed by atoms with E-state index in [-0.39, 0.29) is 26.1 Å². The van der Waals surface area contributed by atoms with E-state index in [1.54, 1.807) is 0 Å². The van der Waals surface area contributed by atoms with Crippen molar-refractivity contribution in [1.29, 1.82) is 0 Å². The highest BCUT2D eigenvalue weighted by molar-refractivity contribution is 5.70. The molecule has 44 heavy (non-hydrogen) atoms. The van der Waals surface area contributed by atoms with Gasteiger partial charge < -0.3 is 39.4 Å². The molecule has 10 nitrogen and oxygen atoms in total. The standard InChI is InChI=1S/C34H60O10/c1-3-5-7-8-9-10-11-12-13-14-15-16-17-18-19-20-21-23-30(37)43-27(25-41-29(36)22-6-4-2)26-42-34-33(40)32(39)31(38)28(24-35)44-34/h9-10,12-13,27-28,31-35,38-40H,3-8,11,14-26H2,1-2H3/b10-9-,13-12-. The molecule has 0 radical (unpaired) electrons. The number of hydrogen-bond acceptors (Lipinski definition) is 10. The maximum absolute atomic E-state index is 12.5. The van der Waals surface area contributed by atoms with Crippen molar-refractivity contribution in [3.05, 3.63) is 24.3 Å². The first-order valence-electron chi connectivity index (χ1n) is 16.9. The highest BCUT2D eigenvalue weighted by atomic mass is 16.7. The number of allylic oxidation sites excluding steroid dienone is 4. The molecule has 1 aliphatic heterocycles. The topological polar surface area (TPSA) is 152 Å². The molecule has 1 saturated heterocycles. The highest BCUT2D eigenvalue weighted by Crippen LogP contribution is 2.22. The van der Waals surface area contributed by atoms with Crippen LogP contribution in [-0.2, 0) is 28.5 Å². The molecule has 0 bridgehead atoms. The number of esters is 2. The van der Waals surface area contributed by atoms with Crippen molar-refractivity contribution in [3.8, 4) is 0 Å². The van der Waals surface area contributed by atoms with Crippen molar-refractivity contribution in [1.82, 2.24) is 0 Å². The predicted octanol–water partition coefficient (Wildman–Crippen LogP) is 5.04. The Morgan fingerprint density at radius 3 is 1.93 bits per heavy atom. The third kappa shape index (κ3) is 18.9. The van der Waals surface area contributed by atoms with Crippen LogP contribution in [0.15, 0.2) is 24.3 Å². The lowest BCUT2D eigenvalue weighted by Crippen LogP contribution is -2.59. The summed E-state index contributed by atoms with van der Waals surface area (Å²) in [4.78, 5) is 24.5. The highest BCUT2D eigenvalue weighted by Gasteiger charge is 2.44. The molecule has 0 aliphatic carbocycles. The maximum atomic E-state index is 12.5. The van der Waals surface area contributed by atoms with E-state index in [1.807, 2.05) is 6.92 Å². The molecule has 4 N–H and O–H groups in total. The molecule has 6 atom stereocenters. The van der Waals surface area contributed by atoms with Crippen LogP contribution in [-0.4, -0.2) is 89.0 Å². The first-order chi connectivity index (χ1) is 21.3. The minimum Gasteiger partial charge on any atom is -0.462 e. The van der Waals surface area contributed by atoms with Crippen molar-refractivity contribution in [2.75, 3.05) is 19.8 Å². The van der Waals surface area contributed by atoms with Gasteiger partial charge in [-0.1, -0.05) is 89.5 Å². The Morgan fingerprint density at radius 1 is 0.705 bits per heavy atom. The molecular weight excluding hydrogens is 568 g/mol. The van der Waals surface area contributed by atoms with E-state index in [0.717, 1.165) is 38.5 Å². The van der Waals surface area contributed by atoms with Crippen molar-refractivity contribution < 1.29 is 49.0 Å². The van der Waals surface area contributed by atoms with Gasteiger partial charge in [-0.3, -0.25) is 9.59 Å². The summed E-state index contributed by atoms with van der Waals surface area (Å²) in [6.45, 7) is 3.09. The fourth-order valence-corrected chi connectivity index (χ4v) is 4.78. The summed E-state index contributed by atoms with van der Waals surface area (Å²) in [5.41, 5.74) is 0. The van der Waals surface area contributed by atoms with Crippen LogP contribution in [0.5, 0.6) is 0 Å². The lowest BCUT2D eigenvalue weighted by Gasteiger charge is -2.39. The van der Waals surface area contributed by atoms with Gasteiger partial charge in [-0.05, 0) is 44.9 Å². The van der Waals surface area contributed by atoms with Gasteiger partial charge in [-0.15, -0.1) is 0 Å². The van der Waals surface area contributed by atoms with Gasteiger partial charge in [0.25, 0.3) is 0 Å². The average Bonchev–Trinajstić information content (AvgIpc) is 3.02. The number of aliphatic hydroxyl groups excluding tert-OH is 4. The largest absolute Gasteiger partial charge is 0.462 e. The SMILES string of the molecule is CCCCC/C=C\C/C=C\CCCCCCCCCC(=O)OC(COC(=O)CCCC)COC1OC(CO)C(O)C(O)C1O. The van der Waals surface area contributed by atoms with E-state index in [9.17, 15) is 30.0 Å². The Bertz CT molecular complexity index is 784. The van der Waals surface area contributed by atoms with E-state index in [4.69, 9.17) is 18.9 Å². The molecule has 10 heteroatoms. The van der Waals surface area contributed by atoms with E-state index in [2.05, 4.69) is 31.2 Å². The van der Waals surface area contributed by atoms with E-state index < -0.39 is 55.4 Å². The smallest absolute Gasteiger partial charge is 0.306 e. The van der Waals surface area contributed by atoms with E-state index in [0.29, 0.717) is 12.8 Å². The molecule has 0 aromatic carbocycles. The Morgan fingerprint density at radius 2 is 1.30 bits per heavy atom. The fraction of sp³-hybridized carbons (Fsp3) is 0.824. The van der Waals surface area contributed by atoms with Crippen molar-refractivity contribution in [3.63, 3.8) is 0 Å². The van der Waals surface area contributed by atoms with E-state index >= 15 is 0 Å². The van der Waals surface area contributed by atoms with Crippen LogP contribution in [0.1, 0.15) is 123 Å². The Labute approximate surface area is 264 Å². The van der Waals surface area contributed by atoms with Crippen LogP contribution in [0.3, 0.4) is 0 Å². The molecule has 0 aromatic rings. The Balaban J connectivity index is 2.29. The molecule has 0 amide bonds. The molecular formula is C34H60O10. The quantitative estimate of drug-likeness (QED) is 0.0582. The second-order valence-electron chi connectivity index (χ2n) is 11.6. The van der Waals surface area contributed by atoms with Gasteiger partial charge in [0.05, 0.1) is 13.2 Å². The number of carbonyl (C=O) groups is 2. The van der Waals surface area contributed by atoms with Gasteiger partial charge in [0.1, 0.15) is 31.0 Å². The van der Waals surface area contributed by atoms with Crippen molar-refractivity contribution in [2.45, 2.75) is 160 Å². The van der Waals surface area contributed by atoms with Gasteiger partial charge in [-0.25, -0.2) is 0 Å². The molecule has 0 spiro atoms. The summed E-state index contributed by atoms with van der Waals surface area (Å²) in [6.07, 6.45) is 17.4. The number of rotatable bonds is 26. The Kier molecular flexibility index (Phi) is 24.1. The molecule has 1 rings (SSSR count). The summed E-state index contributed by atoms with van der Waals surface area (Å²) in [5.74, 6) is -0.860. The second-order valence-corrected chi connectivity index (χ2v) is 11.6. The number of aliphatic hydroxyl groups is 4. The van der Waals surface area contributed by atoms with Gasteiger partial charge in [0.15, 0.2) is 12.4 Å². The predicted molar refractivity (Wildman–Crippen MR) is 169 cm³/mol. The van der Waals surface area contributed by atoms with Gasteiger partial charge in [0.2, 0.25) is 0 Å². The van der Waals surface area contributed by atoms with Crippen molar-refractivity contribution in [2.24, 2.45) is 0 Å². The third-order valence-corrected chi connectivity index (χ3v) is 7.59. The number of hydrogen-bond donors (Lipinski definition) is 4. The first kappa shape index (κ1) is 40.2. The average molecular weight is 629 g/mol. The van der Waals surface area contributed by atoms with Crippen LogP contribution in [0.25, 0.3) is 0 Å². The summed E-state index contributed by atoms with van der Waals surface area (Å²) in [6, 6.07) is 0. The number of ether oxygens (including phenoxy) is 4. The second kappa shape index (κ2) is 26.4. The molecule has 0 aromatic heterocycles. The number of unbranched alkanes of at least 4 members (excludes halogenated alkanes) is 11. The van der Waals surface area contributed by atoms with Crippen LogP contribution < -0.4 is 0 Å². The number of carbonyl (C=O) groups excluding carboxylic acids is 2. The van der Waals surface area contributed by atoms with Crippen molar-refractivity contribution >= 4 is 11.9 Å². The summed E-state index contributed by atoms with van der Waals surface area (Å²) in [7, 11) is 0. The lowest BCUT2D eigenvalue weighted by molar-refractivity contribution is -0.305. The molecule has 1 aliphatic rings. The zero-order valence-electron chi connectivity index (χ0n) is 27.2. The van der Waals surface area contributed by atoms with Crippen LogP contribution in [0.4, 0.5) is 0 Å². The van der Waals surface area contributed by atoms with Crippen LogP contribution in [0, 0.1) is 0 Å². The van der Waals surface area contributed by atoms with Crippen LogP contribution >= 0.6 is 0 Å². The summed E-state index contributed by atoms with van der Waals surface area (Å²) >= 11 is 0. The summed E-state index contributed by atoms with van der Waals surface area (Å²) in [5, 5.41) is 39.5. The third-order valence-electron chi connectivity index (χ3n) is 7.59. The lowest BCUT2D eigenvalue weighted by atomic mass is 9.99. The van der Waals surface area contributed by atoms with Gasteiger partial charge in [0, 0.05) is 12.8 Å². The Hall–Kier alpha value is -1.82. The fourth-order valence-electron chi connectivity index (χ4n) is 4.78. The van der Waals surface area contributed by atoms with E-state index in [1.165, 1.54) is 44.9 Å². The monoisotopic (exact) mass is 628 g/mol.